The second-order valence-corrected chi connectivity index (χ2v) is 6.30. The van der Waals surface area contributed by atoms with Crippen LogP contribution in [-0.2, 0) is 12.6 Å². The first-order valence-corrected chi connectivity index (χ1v) is 8.30. The van der Waals surface area contributed by atoms with Gasteiger partial charge >= 0.3 is 6.18 Å². The molecule has 0 radical (unpaired) electrons. The Labute approximate surface area is 147 Å². The number of benzene rings is 1. The van der Waals surface area contributed by atoms with Crippen LogP contribution in [0.4, 0.5) is 24.7 Å². The quantitative estimate of drug-likeness (QED) is 0.773. The number of nitrogens with one attached hydrogen (secondary N) is 1. The molecule has 3 aromatic rings. The van der Waals surface area contributed by atoms with Crippen molar-refractivity contribution >= 4 is 17.3 Å². The molecule has 0 saturated heterocycles. The fourth-order valence-corrected chi connectivity index (χ4v) is 3.36. The van der Waals surface area contributed by atoms with Gasteiger partial charge in [0.2, 0.25) is 0 Å². The van der Waals surface area contributed by atoms with E-state index in [4.69, 9.17) is 0 Å². The van der Waals surface area contributed by atoms with Gasteiger partial charge in [-0.25, -0.2) is 4.98 Å². The third kappa shape index (κ3) is 2.93. The molecule has 0 bridgehead atoms. The fourth-order valence-electron chi connectivity index (χ4n) is 3.36. The number of aromatic nitrogens is 4. The van der Waals surface area contributed by atoms with E-state index in [0.717, 1.165) is 12.5 Å². The van der Waals surface area contributed by atoms with Gasteiger partial charge in [-0.2, -0.15) is 27.8 Å². The molecule has 1 aliphatic rings. The van der Waals surface area contributed by atoms with E-state index in [1.807, 2.05) is 12.1 Å². The highest BCUT2D eigenvalue weighted by atomic mass is 19.4. The summed E-state index contributed by atoms with van der Waals surface area (Å²) >= 11 is 0. The topological polar surface area (TPSA) is 58.3 Å². The van der Waals surface area contributed by atoms with Gasteiger partial charge in [-0.1, -0.05) is 18.2 Å². The van der Waals surface area contributed by atoms with E-state index in [1.165, 1.54) is 22.1 Å². The molecule has 0 saturated carbocycles. The van der Waals surface area contributed by atoms with E-state index in [0.29, 0.717) is 19.1 Å². The van der Waals surface area contributed by atoms with Crippen molar-refractivity contribution in [3.05, 3.63) is 47.9 Å². The lowest BCUT2D eigenvalue weighted by atomic mass is 10.1. The molecule has 0 amide bonds. The number of hydrogen-bond donors (Lipinski definition) is 1. The standard InChI is InChI=1S/C17H17F3N6/c1-11-8-12-4-2-3-5-13(12)25(11)7-6-21-15-9-14(17(18,19)20)24-16-22-10-23-26(15)16/h2-5,9-11,21H,6-8H2,1H3. The van der Waals surface area contributed by atoms with E-state index in [9.17, 15) is 13.2 Å². The summed E-state index contributed by atoms with van der Waals surface area (Å²) in [5, 5.41) is 6.99. The zero-order chi connectivity index (χ0) is 18.3. The molecule has 3 heterocycles. The molecule has 136 valence electrons. The van der Waals surface area contributed by atoms with Crippen molar-refractivity contribution in [2.24, 2.45) is 0 Å². The minimum absolute atomic E-state index is 0.0813. The maximum Gasteiger partial charge on any atom is 0.433 e. The van der Waals surface area contributed by atoms with Crippen LogP contribution in [-0.4, -0.2) is 38.7 Å². The van der Waals surface area contributed by atoms with E-state index < -0.39 is 11.9 Å². The summed E-state index contributed by atoms with van der Waals surface area (Å²) in [5.41, 5.74) is 1.49. The van der Waals surface area contributed by atoms with Crippen LogP contribution in [0.1, 0.15) is 18.2 Å². The molecule has 0 aliphatic carbocycles. The molecule has 4 rings (SSSR count). The SMILES string of the molecule is CC1Cc2ccccc2N1CCNc1cc(C(F)(F)F)nc2ncnn12. The Hall–Kier alpha value is -2.84. The van der Waals surface area contributed by atoms with E-state index in [-0.39, 0.29) is 11.6 Å². The number of nitrogens with zero attached hydrogens (tertiary/aromatic N) is 5. The van der Waals surface area contributed by atoms with Crippen molar-refractivity contribution in [1.82, 2.24) is 19.6 Å². The second kappa shape index (κ2) is 6.15. The van der Waals surface area contributed by atoms with Crippen LogP contribution in [0.3, 0.4) is 0 Å². The van der Waals surface area contributed by atoms with Gasteiger partial charge in [-0.3, -0.25) is 0 Å². The number of para-hydroxylation sites is 1. The maximum atomic E-state index is 13.0. The fraction of sp³-hybridized carbons (Fsp3) is 0.353. The average molecular weight is 362 g/mol. The number of alkyl halides is 3. The number of halogens is 3. The van der Waals surface area contributed by atoms with E-state index in [1.54, 1.807) is 0 Å². The van der Waals surface area contributed by atoms with Gasteiger partial charge in [-0.05, 0) is 25.0 Å². The monoisotopic (exact) mass is 362 g/mol. The van der Waals surface area contributed by atoms with Crippen LogP contribution in [0.5, 0.6) is 0 Å². The first kappa shape index (κ1) is 16.6. The van der Waals surface area contributed by atoms with Crippen molar-refractivity contribution in [3.63, 3.8) is 0 Å². The van der Waals surface area contributed by atoms with Gasteiger partial charge in [0.25, 0.3) is 5.78 Å². The van der Waals surface area contributed by atoms with Gasteiger partial charge in [0.15, 0.2) is 5.69 Å². The van der Waals surface area contributed by atoms with Gasteiger partial charge in [0.05, 0.1) is 0 Å². The molecule has 9 heteroatoms. The summed E-state index contributed by atoms with van der Waals surface area (Å²) in [5.74, 6) is 0.141. The lowest BCUT2D eigenvalue weighted by Gasteiger charge is -2.25. The zero-order valence-corrected chi connectivity index (χ0v) is 14.0. The summed E-state index contributed by atoms with van der Waals surface area (Å²) in [7, 11) is 0. The van der Waals surface area contributed by atoms with Gasteiger partial charge < -0.3 is 10.2 Å². The highest BCUT2D eigenvalue weighted by Crippen LogP contribution is 2.32. The molecule has 1 aromatic carbocycles. The van der Waals surface area contributed by atoms with E-state index >= 15 is 0 Å². The first-order valence-electron chi connectivity index (χ1n) is 8.30. The predicted molar refractivity (Wildman–Crippen MR) is 91.2 cm³/mol. The van der Waals surface area contributed by atoms with Crippen molar-refractivity contribution in [2.75, 3.05) is 23.3 Å². The second-order valence-electron chi connectivity index (χ2n) is 6.30. The molecule has 1 unspecified atom stereocenters. The Balaban J connectivity index is 1.53. The third-order valence-corrected chi connectivity index (χ3v) is 4.55. The molecule has 1 N–H and O–H groups in total. The first-order chi connectivity index (χ1) is 12.4. The van der Waals surface area contributed by atoms with Crippen LogP contribution >= 0.6 is 0 Å². The minimum atomic E-state index is -4.54. The third-order valence-electron chi connectivity index (χ3n) is 4.55. The van der Waals surface area contributed by atoms with Crippen LogP contribution in [0, 0.1) is 0 Å². The molecule has 6 nitrogen and oxygen atoms in total. The number of rotatable bonds is 4. The van der Waals surface area contributed by atoms with Crippen molar-refractivity contribution in [1.29, 1.82) is 0 Å². The summed E-state index contributed by atoms with van der Waals surface area (Å²) in [6.07, 6.45) is -2.38. The summed E-state index contributed by atoms with van der Waals surface area (Å²) < 4.78 is 40.4. The molecule has 1 atom stereocenters. The summed E-state index contributed by atoms with van der Waals surface area (Å²) in [6.45, 7) is 3.27. The molecule has 26 heavy (non-hydrogen) atoms. The zero-order valence-electron chi connectivity index (χ0n) is 14.0. The van der Waals surface area contributed by atoms with Crippen LogP contribution < -0.4 is 10.2 Å². The number of fused-ring (bicyclic) bond motifs is 2. The summed E-state index contributed by atoms with van der Waals surface area (Å²) in [6, 6.07) is 9.50. The Bertz CT molecular complexity index is 936. The van der Waals surface area contributed by atoms with Gasteiger partial charge in [0.1, 0.15) is 12.1 Å². The molecule has 1 aliphatic heterocycles. The van der Waals surface area contributed by atoms with Crippen LogP contribution in [0.15, 0.2) is 36.7 Å². The Morgan fingerprint density at radius 2 is 2.08 bits per heavy atom. The molecular weight excluding hydrogens is 345 g/mol. The molecular formula is C17H17F3N6. The number of anilines is 2. The van der Waals surface area contributed by atoms with Gasteiger partial charge in [-0.15, -0.1) is 0 Å². The Morgan fingerprint density at radius 1 is 1.27 bits per heavy atom. The smallest absolute Gasteiger partial charge is 0.368 e. The van der Waals surface area contributed by atoms with Crippen molar-refractivity contribution in [2.45, 2.75) is 25.6 Å². The van der Waals surface area contributed by atoms with Crippen molar-refractivity contribution < 1.29 is 13.2 Å². The Morgan fingerprint density at radius 3 is 2.88 bits per heavy atom. The molecule has 2 aromatic heterocycles. The largest absolute Gasteiger partial charge is 0.433 e. The highest BCUT2D eigenvalue weighted by Gasteiger charge is 2.34. The highest BCUT2D eigenvalue weighted by molar-refractivity contribution is 5.59. The Kier molecular flexibility index (Phi) is 3.93. The maximum absolute atomic E-state index is 13.0. The van der Waals surface area contributed by atoms with Crippen molar-refractivity contribution in [3.8, 4) is 0 Å². The minimum Gasteiger partial charge on any atom is -0.368 e. The predicted octanol–water partition coefficient (Wildman–Crippen LogP) is 3.01. The normalized spacial score (nSPS) is 16.9. The lowest BCUT2D eigenvalue weighted by molar-refractivity contribution is -0.141. The van der Waals surface area contributed by atoms with Crippen LogP contribution in [0.25, 0.3) is 5.78 Å². The molecule has 0 spiro atoms. The molecule has 0 fully saturated rings. The van der Waals surface area contributed by atoms with Gasteiger partial charge in [0, 0.05) is 30.9 Å². The summed E-state index contributed by atoms with van der Waals surface area (Å²) in [4.78, 5) is 9.54. The number of hydrogen-bond acceptors (Lipinski definition) is 5. The van der Waals surface area contributed by atoms with Crippen LogP contribution in [0.2, 0.25) is 0 Å². The lowest BCUT2D eigenvalue weighted by Crippen LogP contribution is -2.34. The average Bonchev–Trinajstić information content (AvgIpc) is 3.18. The van der Waals surface area contributed by atoms with E-state index in [2.05, 4.69) is 44.3 Å².